The third-order valence-electron chi connectivity index (χ3n) is 2.34. The molecule has 0 unspecified atom stereocenters. The molecule has 1 nitrogen and oxygen atoms in total. The summed E-state index contributed by atoms with van der Waals surface area (Å²) in [6.45, 7) is -1.13. The summed E-state index contributed by atoms with van der Waals surface area (Å²) in [5.74, 6) is 0. The smallest absolute Gasteiger partial charge is 0.392 e. The van der Waals surface area contributed by atoms with Crippen LogP contribution in [0.3, 0.4) is 0 Å². The normalized spacial score (nSPS) is 13.8. The third-order valence-corrected chi connectivity index (χ3v) is 2.34. The van der Waals surface area contributed by atoms with E-state index in [9.17, 15) is 30.7 Å². The Bertz CT molecular complexity index is 407. The summed E-state index contributed by atoms with van der Waals surface area (Å²) in [5, 5.41) is 8.71. The van der Waals surface area contributed by atoms with Gasteiger partial charge in [-0.2, -0.15) is 26.3 Å². The lowest BCUT2D eigenvalue weighted by Crippen LogP contribution is -2.50. The predicted molar refractivity (Wildman–Crippen MR) is 47.3 cm³/mol. The van der Waals surface area contributed by atoms with Gasteiger partial charge in [0.15, 0.2) is 0 Å². The Kier molecular flexibility index (Phi) is 3.62. The molecule has 0 saturated heterocycles. The average molecular weight is 276 g/mol. The second-order valence-electron chi connectivity index (χ2n) is 3.47. The van der Waals surface area contributed by atoms with Gasteiger partial charge in [0, 0.05) is 5.56 Å². The van der Waals surface area contributed by atoms with E-state index in [2.05, 4.69) is 0 Å². The van der Waals surface area contributed by atoms with Crippen LogP contribution in [0.15, 0.2) is 24.3 Å². The number of hydrogen-bond acceptors (Lipinski definition) is 1. The zero-order chi connectivity index (χ0) is 14.2. The molecule has 8 heteroatoms. The summed E-state index contributed by atoms with van der Waals surface area (Å²) in [6, 6.07) is 3.08. The molecule has 0 heterocycles. The molecular formula is C10H7F7O. The van der Waals surface area contributed by atoms with E-state index in [0.29, 0.717) is 6.07 Å². The van der Waals surface area contributed by atoms with Gasteiger partial charge in [-0.3, -0.25) is 0 Å². The summed E-state index contributed by atoms with van der Waals surface area (Å²) in [7, 11) is 0. The number of rotatable bonds is 2. The number of alkyl halides is 7. The minimum atomic E-state index is -6.17. The first-order valence-electron chi connectivity index (χ1n) is 4.57. The highest BCUT2D eigenvalue weighted by molar-refractivity contribution is 5.35. The maximum atomic E-state index is 13.6. The van der Waals surface area contributed by atoms with Crippen molar-refractivity contribution in [2.45, 2.75) is 24.6 Å². The van der Waals surface area contributed by atoms with E-state index in [4.69, 9.17) is 5.11 Å². The first kappa shape index (κ1) is 14.7. The number of aliphatic hydroxyl groups excluding tert-OH is 1. The Morgan fingerprint density at radius 3 is 1.67 bits per heavy atom. The van der Waals surface area contributed by atoms with Crippen LogP contribution in [0, 0.1) is 0 Å². The zero-order valence-electron chi connectivity index (χ0n) is 8.61. The summed E-state index contributed by atoms with van der Waals surface area (Å²) < 4.78 is 88.2. The van der Waals surface area contributed by atoms with Gasteiger partial charge in [-0.25, -0.2) is 4.39 Å². The molecule has 1 aromatic rings. The van der Waals surface area contributed by atoms with Crippen LogP contribution in [-0.4, -0.2) is 17.5 Å². The van der Waals surface area contributed by atoms with E-state index in [-0.39, 0.29) is 0 Å². The number of hydrogen-bond donors (Lipinski definition) is 1. The van der Waals surface area contributed by atoms with Crippen LogP contribution in [0.4, 0.5) is 30.7 Å². The fraction of sp³-hybridized carbons (Fsp3) is 0.400. The van der Waals surface area contributed by atoms with Gasteiger partial charge in [0.1, 0.15) is 0 Å². The van der Waals surface area contributed by atoms with Crippen molar-refractivity contribution in [1.82, 2.24) is 0 Å². The molecule has 0 aliphatic rings. The van der Waals surface area contributed by atoms with Crippen molar-refractivity contribution in [3.8, 4) is 0 Å². The molecule has 0 atom stereocenters. The van der Waals surface area contributed by atoms with Gasteiger partial charge in [0.2, 0.25) is 0 Å². The Labute approximate surface area is 96.8 Å². The fourth-order valence-corrected chi connectivity index (χ4v) is 1.46. The van der Waals surface area contributed by atoms with Crippen LogP contribution in [-0.2, 0) is 12.3 Å². The Morgan fingerprint density at radius 1 is 0.833 bits per heavy atom. The van der Waals surface area contributed by atoms with E-state index >= 15 is 0 Å². The van der Waals surface area contributed by atoms with Gasteiger partial charge >= 0.3 is 18.0 Å². The maximum absolute atomic E-state index is 13.6. The van der Waals surface area contributed by atoms with Crippen molar-refractivity contribution in [3.63, 3.8) is 0 Å². The fourth-order valence-electron chi connectivity index (χ4n) is 1.46. The molecule has 0 amide bonds. The molecule has 102 valence electrons. The highest BCUT2D eigenvalue weighted by Crippen LogP contribution is 2.53. The molecule has 1 N–H and O–H groups in total. The maximum Gasteiger partial charge on any atom is 0.435 e. The van der Waals surface area contributed by atoms with Crippen LogP contribution < -0.4 is 0 Å². The van der Waals surface area contributed by atoms with Gasteiger partial charge in [0.25, 0.3) is 0 Å². The first-order valence-corrected chi connectivity index (χ1v) is 4.57. The lowest BCUT2D eigenvalue weighted by molar-refractivity contribution is -0.349. The topological polar surface area (TPSA) is 20.2 Å². The van der Waals surface area contributed by atoms with Crippen molar-refractivity contribution in [3.05, 3.63) is 35.4 Å². The van der Waals surface area contributed by atoms with Gasteiger partial charge in [-0.05, 0) is 5.56 Å². The Balaban J connectivity index is 3.56. The van der Waals surface area contributed by atoms with Crippen molar-refractivity contribution >= 4 is 0 Å². The summed E-state index contributed by atoms with van der Waals surface area (Å²) >= 11 is 0. The van der Waals surface area contributed by atoms with E-state index in [1.807, 2.05) is 0 Å². The molecule has 0 aromatic heterocycles. The van der Waals surface area contributed by atoms with Crippen LogP contribution in [0.1, 0.15) is 11.1 Å². The number of halogens is 7. The van der Waals surface area contributed by atoms with Gasteiger partial charge in [-0.1, -0.05) is 24.3 Å². The third kappa shape index (κ3) is 2.16. The molecule has 0 fully saturated rings. The van der Waals surface area contributed by atoms with Crippen LogP contribution in [0.5, 0.6) is 0 Å². The largest absolute Gasteiger partial charge is 0.435 e. The molecule has 0 bridgehead atoms. The standard InChI is InChI=1S/C10H7F7O/c11-8(9(12,13)14,10(15,16)17)7-4-2-1-3-6(7)5-18/h1-4,18H,5H2. The van der Waals surface area contributed by atoms with Crippen molar-refractivity contribution < 1.29 is 35.8 Å². The molecule has 0 aliphatic heterocycles. The molecule has 0 spiro atoms. The average Bonchev–Trinajstić information content (AvgIpc) is 2.24. The zero-order valence-corrected chi connectivity index (χ0v) is 8.61. The molecule has 0 radical (unpaired) electrons. The van der Waals surface area contributed by atoms with E-state index in [0.717, 1.165) is 18.2 Å². The minimum absolute atomic E-state index is 0.354. The Morgan fingerprint density at radius 2 is 1.28 bits per heavy atom. The SMILES string of the molecule is OCc1ccccc1C(F)(C(F)(F)F)C(F)(F)F. The highest BCUT2D eigenvalue weighted by Gasteiger charge is 2.73. The van der Waals surface area contributed by atoms with E-state index in [1.165, 1.54) is 0 Å². The first-order chi connectivity index (χ1) is 8.05. The van der Waals surface area contributed by atoms with Gasteiger partial charge in [0.05, 0.1) is 6.61 Å². The molecular weight excluding hydrogens is 269 g/mol. The van der Waals surface area contributed by atoms with Crippen molar-refractivity contribution in [2.24, 2.45) is 0 Å². The molecule has 1 rings (SSSR count). The van der Waals surface area contributed by atoms with E-state index in [1.54, 1.807) is 0 Å². The quantitative estimate of drug-likeness (QED) is 0.820. The lowest BCUT2D eigenvalue weighted by Gasteiger charge is -2.31. The molecule has 0 aliphatic carbocycles. The number of aliphatic hydroxyl groups is 1. The summed E-state index contributed by atoms with van der Waals surface area (Å²) in [6.07, 6.45) is -12.3. The molecule has 1 aromatic carbocycles. The van der Waals surface area contributed by atoms with Crippen LogP contribution in [0.2, 0.25) is 0 Å². The summed E-state index contributed by atoms with van der Waals surface area (Å²) in [4.78, 5) is 0. The Hall–Kier alpha value is -1.31. The highest BCUT2D eigenvalue weighted by atomic mass is 19.4. The van der Waals surface area contributed by atoms with Crippen molar-refractivity contribution in [1.29, 1.82) is 0 Å². The van der Waals surface area contributed by atoms with Gasteiger partial charge < -0.3 is 5.11 Å². The van der Waals surface area contributed by atoms with E-state index < -0.39 is 35.8 Å². The monoisotopic (exact) mass is 276 g/mol. The van der Waals surface area contributed by atoms with Crippen LogP contribution >= 0.6 is 0 Å². The molecule has 18 heavy (non-hydrogen) atoms. The lowest BCUT2D eigenvalue weighted by atomic mass is 9.90. The van der Waals surface area contributed by atoms with Crippen LogP contribution in [0.25, 0.3) is 0 Å². The second kappa shape index (κ2) is 4.42. The summed E-state index contributed by atoms with van der Waals surface area (Å²) in [5.41, 5.74) is -7.92. The van der Waals surface area contributed by atoms with Crippen molar-refractivity contribution in [2.75, 3.05) is 0 Å². The second-order valence-corrected chi connectivity index (χ2v) is 3.47. The number of benzene rings is 1. The predicted octanol–water partition coefficient (Wildman–Crippen LogP) is 3.47. The molecule has 0 saturated carbocycles. The minimum Gasteiger partial charge on any atom is -0.392 e. The van der Waals surface area contributed by atoms with Gasteiger partial charge in [-0.15, -0.1) is 0 Å².